The number of nitrogens with zero attached hydrogens (tertiary/aromatic N) is 1. The van der Waals surface area contributed by atoms with E-state index >= 15 is 0 Å². The number of rotatable bonds is 5. The van der Waals surface area contributed by atoms with Crippen LogP contribution >= 0.6 is 0 Å². The van der Waals surface area contributed by atoms with E-state index in [1.165, 1.54) is 80.5 Å². The van der Waals surface area contributed by atoms with Crippen LogP contribution in [0.15, 0.2) is 45.7 Å². The molecule has 1 aromatic carbocycles. The number of sulfone groups is 2. The highest BCUT2D eigenvalue weighted by Crippen LogP contribution is 2.47. The second kappa shape index (κ2) is 10.8. The van der Waals surface area contributed by atoms with E-state index in [1.54, 1.807) is 0 Å². The Labute approximate surface area is 223 Å². The van der Waals surface area contributed by atoms with Crippen LogP contribution in [0.5, 0.6) is 0 Å². The lowest BCUT2D eigenvalue weighted by Crippen LogP contribution is -2.48. The molecule has 0 bridgehead atoms. The fraction of sp³-hybridized carbons (Fsp3) is 0.480. The van der Waals surface area contributed by atoms with Gasteiger partial charge in [0, 0.05) is 5.57 Å². The number of fused-ring (bicyclic) bond motifs is 3. The number of nitrogens with one attached hydrogen (secondary N) is 1. The molecule has 0 unspecified atom stereocenters. The number of halogens is 6. The predicted molar refractivity (Wildman–Crippen MR) is 137 cm³/mol. The second-order valence-electron chi connectivity index (χ2n) is 9.87. The van der Waals surface area contributed by atoms with Gasteiger partial charge in [-0.05, 0) is 54.5 Å². The molecule has 0 amide bonds. The number of quaternary nitrogens is 1. The summed E-state index contributed by atoms with van der Waals surface area (Å²) in [5, 5.41) is 7.82. The van der Waals surface area contributed by atoms with Crippen LogP contribution in [0.25, 0.3) is 11.6 Å². The number of alkyl halides is 6. The van der Waals surface area contributed by atoms with E-state index in [4.69, 9.17) is 5.41 Å². The van der Waals surface area contributed by atoms with E-state index in [-0.39, 0.29) is 22.8 Å². The molecule has 1 aromatic rings. The van der Waals surface area contributed by atoms with Crippen LogP contribution < -0.4 is 0 Å². The van der Waals surface area contributed by atoms with Crippen molar-refractivity contribution in [1.29, 1.82) is 5.41 Å². The third-order valence-electron chi connectivity index (χ3n) is 6.95. The van der Waals surface area contributed by atoms with E-state index in [0.29, 0.717) is 0 Å². The predicted octanol–water partition coefficient (Wildman–Crippen LogP) is 6.00. The van der Waals surface area contributed by atoms with Crippen molar-refractivity contribution in [3.8, 4) is 0 Å². The first-order valence-electron chi connectivity index (χ1n) is 12.2. The van der Waals surface area contributed by atoms with Gasteiger partial charge in [-0.3, -0.25) is 5.41 Å². The van der Waals surface area contributed by atoms with Crippen molar-refractivity contribution in [3.63, 3.8) is 0 Å². The maximum Gasteiger partial charge on any atom is 0.502 e. The summed E-state index contributed by atoms with van der Waals surface area (Å²) >= 11 is 0. The summed E-state index contributed by atoms with van der Waals surface area (Å²) in [4.78, 5) is -4.38. The molecule has 14 heteroatoms. The molecule has 0 spiro atoms. The lowest BCUT2D eigenvalue weighted by molar-refractivity contribution is -0.914. The molecule has 2 aliphatic carbocycles. The number of piperidine rings is 1. The summed E-state index contributed by atoms with van der Waals surface area (Å²) in [7, 11) is -10.7. The molecular weight excluding hydrogens is 570 g/mol. The summed E-state index contributed by atoms with van der Waals surface area (Å²) < 4.78 is 127. The van der Waals surface area contributed by atoms with Gasteiger partial charge < -0.3 is 4.48 Å². The summed E-state index contributed by atoms with van der Waals surface area (Å²) in [6.07, 6.45) is 8.48. The van der Waals surface area contributed by atoms with Gasteiger partial charge in [0.15, 0.2) is 0 Å². The third kappa shape index (κ3) is 6.02. The lowest BCUT2D eigenvalue weighted by atomic mass is 9.95. The third-order valence-corrected chi connectivity index (χ3v) is 10.2. The van der Waals surface area contributed by atoms with Crippen molar-refractivity contribution in [2.75, 3.05) is 26.7 Å². The van der Waals surface area contributed by atoms with Crippen LogP contribution in [0.3, 0.4) is 0 Å². The highest BCUT2D eigenvalue weighted by atomic mass is 32.2. The van der Waals surface area contributed by atoms with Gasteiger partial charge in [0.2, 0.25) is 0 Å². The molecule has 39 heavy (non-hydrogen) atoms. The Hall–Kier alpha value is -2.45. The first-order chi connectivity index (χ1) is 17.9. The zero-order valence-electron chi connectivity index (χ0n) is 21.3. The number of likely N-dealkylation sites (tertiary alicyclic amines) is 1. The Balaban J connectivity index is 0.000000320. The Bertz CT molecular complexity index is 1450. The van der Waals surface area contributed by atoms with Gasteiger partial charge in [-0.15, -0.1) is 0 Å². The van der Waals surface area contributed by atoms with Gasteiger partial charge in [0.25, 0.3) is 19.7 Å². The first kappa shape index (κ1) is 31.1. The smallest absolute Gasteiger partial charge is 0.326 e. The van der Waals surface area contributed by atoms with Crippen molar-refractivity contribution >= 4 is 37.0 Å². The molecular formula is C25H29F6N2O4S2+. The first-order valence-corrected chi connectivity index (χ1v) is 15.2. The van der Waals surface area contributed by atoms with Gasteiger partial charge in [-0.1, -0.05) is 37.6 Å². The normalized spacial score (nSPS) is 19.4. The molecule has 6 nitrogen and oxygen atoms in total. The number of hydrogen-bond donors (Lipinski definition) is 1. The molecule has 0 saturated carbocycles. The minimum absolute atomic E-state index is 0.153. The van der Waals surface area contributed by atoms with Gasteiger partial charge >= 0.3 is 11.0 Å². The minimum atomic E-state index is -6.58. The van der Waals surface area contributed by atoms with Crippen LogP contribution in [0.4, 0.5) is 26.3 Å². The topological polar surface area (TPSA) is 92.1 Å². The minimum Gasteiger partial charge on any atom is -0.326 e. The quantitative estimate of drug-likeness (QED) is 0.332. The number of hydrogen-bond acceptors (Lipinski definition) is 5. The summed E-state index contributed by atoms with van der Waals surface area (Å²) in [5.74, 6) is 0. The van der Waals surface area contributed by atoms with E-state index < -0.39 is 51.8 Å². The van der Waals surface area contributed by atoms with Crippen LogP contribution in [0, 0.1) is 5.41 Å². The molecule has 1 fully saturated rings. The molecule has 1 N–H and O–H groups in total. The van der Waals surface area contributed by atoms with Crippen molar-refractivity contribution < 1.29 is 47.7 Å². The maximum absolute atomic E-state index is 13.0. The van der Waals surface area contributed by atoms with E-state index in [9.17, 15) is 43.2 Å². The number of benzene rings is 1. The molecule has 0 aromatic heterocycles. The molecule has 1 aliphatic heterocycles. The monoisotopic (exact) mass is 599 g/mol. The average Bonchev–Trinajstić information content (AvgIpc) is 3.21. The van der Waals surface area contributed by atoms with Gasteiger partial charge in [-0.25, -0.2) is 16.8 Å². The van der Waals surface area contributed by atoms with Gasteiger partial charge in [0.05, 0.1) is 37.3 Å². The van der Waals surface area contributed by atoms with Gasteiger partial charge in [0.1, 0.15) is 4.91 Å². The van der Waals surface area contributed by atoms with Crippen molar-refractivity contribution in [3.05, 3.63) is 56.9 Å². The summed E-state index contributed by atoms with van der Waals surface area (Å²) in [5.41, 5.74) is -13.9. The largest absolute Gasteiger partial charge is 0.502 e. The number of unbranched alkanes of at least 4 members (excludes halogenated alkanes) is 1. The molecule has 216 valence electrons. The lowest BCUT2D eigenvalue weighted by Gasteiger charge is -2.37. The van der Waals surface area contributed by atoms with Crippen LogP contribution in [0.1, 0.15) is 50.2 Å². The fourth-order valence-electron chi connectivity index (χ4n) is 4.80. The standard InChI is InChI=1S/C15H7F6NO4S2.C10H22N/c16-14(17,18)27(23,24)11-6-9-8-4-2-1-3-7(8)5-10(9)12(22)13(11)28(25,26)15(19,20)21;1-3-4-8-11(2)9-6-5-7-10-11/h1-6,22H;3-10H2,1-2H3/q;+1. The Kier molecular flexibility index (Phi) is 8.64. The van der Waals surface area contributed by atoms with Crippen LogP contribution in [-0.2, 0) is 19.7 Å². The van der Waals surface area contributed by atoms with Crippen molar-refractivity contribution in [2.24, 2.45) is 0 Å². The van der Waals surface area contributed by atoms with Gasteiger partial charge in [-0.2, -0.15) is 26.3 Å². The Morgan fingerprint density at radius 3 is 1.95 bits per heavy atom. The Morgan fingerprint density at radius 1 is 0.846 bits per heavy atom. The maximum atomic E-state index is 13.0. The summed E-state index contributed by atoms with van der Waals surface area (Å²) in [6.45, 7) is 6.56. The number of allylic oxidation sites excluding steroid dienone is 4. The highest BCUT2D eigenvalue weighted by Gasteiger charge is 2.57. The molecule has 1 heterocycles. The van der Waals surface area contributed by atoms with E-state index in [2.05, 4.69) is 14.0 Å². The van der Waals surface area contributed by atoms with E-state index in [0.717, 1.165) is 6.08 Å². The fourth-order valence-corrected chi connectivity index (χ4v) is 7.26. The zero-order valence-corrected chi connectivity index (χ0v) is 22.9. The Morgan fingerprint density at radius 2 is 1.41 bits per heavy atom. The SMILES string of the molecule is CCCC[N+]1(C)CCCCC1.N=C1C2=Cc3ccccc3C2=CC(S(=O)(=O)C(F)(F)F)=C1S(=O)(=O)C(F)(F)F. The summed E-state index contributed by atoms with van der Waals surface area (Å²) in [6, 6.07) is 5.69. The van der Waals surface area contributed by atoms with Crippen molar-refractivity contribution in [1.82, 2.24) is 0 Å². The van der Waals surface area contributed by atoms with Crippen LogP contribution in [0.2, 0.25) is 0 Å². The second-order valence-corrected chi connectivity index (χ2v) is 13.7. The zero-order chi connectivity index (χ0) is 29.4. The highest BCUT2D eigenvalue weighted by molar-refractivity contribution is 8.00. The molecule has 0 radical (unpaired) electrons. The molecule has 3 aliphatic rings. The van der Waals surface area contributed by atoms with E-state index in [1.807, 2.05) is 0 Å². The molecule has 1 saturated heterocycles. The average molecular weight is 600 g/mol. The molecule has 0 atom stereocenters. The molecule has 4 rings (SSSR count). The van der Waals surface area contributed by atoms with Crippen LogP contribution in [-0.4, -0.2) is 64.7 Å². The van der Waals surface area contributed by atoms with Crippen molar-refractivity contribution in [2.45, 2.75) is 50.0 Å².